The van der Waals surface area contributed by atoms with Crippen molar-refractivity contribution < 1.29 is 28.9 Å². The summed E-state index contributed by atoms with van der Waals surface area (Å²) in [6.07, 6.45) is 3.34. The van der Waals surface area contributed by atoms with E-state index in [-0.39, 0.29) is 13.2 Å². The second-order valence-corrected chi connectivity index (χ2v) is 7.56. The summed E-state index contributed by atoms with van der Waals surface area (Å²) in [5.74, 6) is 0.176. The number of anilines is 1. The maximum Gasteiger partial charge on any atom is 0.415 e. The molecule has 1 N–H and O–H groups in total. The van der Waals surface area contributed by atoms with Crippen LogP contribution in [0.25, 0.3) is 0 Å². The summed E-state index contributed by atoms with van der Waals surface area (Å²) in [5, 5.41) is 8.97. The van der Waals surface area contributed by atoms with Crippen LogP contribution in [0.4, 0.5) is 10.5 Å². The molecule has 1 heterocycles. The highest BCUT2D eigenvalue weighted by atomic mass is 16.6. The van der Waals surface area contributed by atoms with Crippen molar-refractivity contribution in [2.45, 2.75) is 31.4 Å². The number of fused-ring (bicyclic) bond motifs is 1. The molecule has 1 aliphatic rings. The number of benzene rings is 2. The Hall–Kier alpha value is -3.58. The first-order chi connectivity index (χ1) is 16.1. The van der Waals surface area contributed by atoms with E-state index in [9.17, 15) is 9.59 Å². The highest BCUT2D eigenvalue weighted by molar-refractivity contribution is 5.92. The van der Waals surface area contributed by atoms with Gasteiger partial charge in [-0.2, -0.15) is 0 Å². The largest absolute Gasteiger partial charge is 0.493 e. The van der Waals surface area contributed by atoms with Crippen molar-refractivity contribution in [2.75, 3.05) is 24.7 Å². The monoisotopic (exact) mass is 451 g/mol. The molecular formula is C26H29NO6. The summed E-state index contributed by atoms with van der Waals surface area (Å²) in [6, 6.07) is 13.7. The number of ether oxygens (including phenoxy) is 3. The van der Waals surface area contributed by atoms with Gasteiger partial charge in [0.2, 0.25) is 0 Å². The van der Waals surface area contributed by atoms with E-state index in [0.717, 1.165) is 5.56 Å². The number of carbonyl (C=O) groups excluding carboxylic acids is 2. The van der Waals surface area contributed by atoms with Gasteiger partial charge in [0.1, 0.15) is 18.5 Å². The van der Waals surface area contributed by atoms with Crippen LogP contribution in [0.15, 0.2) is 73.8 Å². The fourth-order valence-corrected chi connectivity index (χ4v) is 3.76. The second-order valence-electron chi connectivity index (χ2n) is 7.56. The first-order valence-electron chi connectivity index (χ1n) is 10.9. The molecule has 2 aromatic carbocycles. The average molecular weight is 452 g/mol. The van der Waals surface area contributed by atoms with Crippen LogP contribution in [-0.4, -0.2) is 49.1 Å². The lowest BCUT2D eigenvalue weighted by molar-refractivity contribution is 0.0242. The zero-order chi connectivity index (χ0) is 23.6. The van der Waals surface area contributed by atoms with E-state index in [4.69, 9.17) is 19.3 Å². The lowest BCUT2D eigenvalue weighted by atomic mass is 10.0. The molecule has 7 nitrogen and oxygen atoms in total. The fourth-order valence-electron chi connectivity index (χ4n) is 3.76. The van der Waals surface area contributed by atoms with Crippen molar-refractivity contribution >= 4 is 17.7 Å². The van der Waals surface area contributed by atoms with Crippen LogP contribution >= 0.6 is 0 Å². The average Bonchev–Trinajstić information content (AvgIpc) is 3.21. The first-order valence-corrected chi connectivity index (χ1v) is 10.9. The van der Waals surface area contributed by atoms with Crippen molar-refractivity contribution in [3.63, 3.8) is 0 Å². The topological polar surface area (TPSA) is 85.3 Å². The smallest absolute Gasteiger partial charge is 0.415 e. The van der Waals surface area contributed by atoms with E-state index in [2.05, 4.69) is 13.2 Å². The second kappa shape index (κ2) is 11.9. The van der Waals surface area contributed by atoms with Gasteiger partial charge in [-0.3, -0.25) is 4.90 Å². The molecule has 33 heavy (non-hydrogen) atoms. The van der Waals surface area contributed by atoms with Crippen LogP contribution in [0, 0.1) is 0 Å². The van der Waals surface area contributed by atoms with Crippen molar-refractivity contribution in [3.8, 4) is 5.75 Å². The predicted octanol–water partition coefficient (Wildman–Crippen LogP) is 4.30. The summed E-state index contributed by atoms with van der Waals surface area (Å²) >= 11 is 0. The van der Waals surface area contributed by atoms with Crippen molar-refractivity contribution in [3.05, 3.63) is 85.0 Å². The maximum atomic E-state index is 13.0. The normalized spacial score (nSPS) is 15.3. The number of hydrogen-bond acceptors (Lipinski definition) is 6. The van der Waals surface area contributed by atoms with Crippen molar-refractivity contribution in [1.82, 2.24) is 0 Å². The Balaban J connectivity index is 1.88. The van der Waals surface area contributed by atoms with Gasteiger partial charge < -0.3 is 19.3 Å². The molecule has 0 bridgehead atoms. The van der Waals surface area contributed by atoms with Crippen molar-refractivity contribution in [2.24, 2.45) is 0 Å². The summed E-state index contributed by atoms with van der Waals surface area (Å²) in [6.45, 7) is 7.89. The molecule has 7 heteroatoms. The van der Waals surface area contributed by atoms with E-state index in [1.807, 2.05) is 12.1 Å². The molecule has 0 saturated carbocycles. The predicted molar refractivity (Wildman–Crippen MR) is 126 cm³/mol. The third kappa shape index (κ3) is 6.02. The molecule has 0 fully saturated rings. The molecule has 0 spiro atoms. The van der Waals surface area contributed by atoms with Crippen LogP contribution < -0.4 is 9.64 Å². The van der Waals surface area contributed by atoms with Gasteiger partial charge >= 0.3 is 12.1 Å². The molecule has 0 aliphatic carbocycles. The van der Waals surface area contributed by atoms with Gasteiger partial charge in [-0.25, -0.2) is 9.59 Å². The standard InChI is InChI=1S/C26H29NO6/c1-3-9-24(33-25(29)19-10-6-5-7-11-19)23-18-20-17-21(31-16-8-14-28)12-13-22(20)27(23)26(30)32-15-4-2/h3-7,10-13,17,23-24,28H,1-2,8-9,14-16,18H2/t23-,24+/m0/s1. The van der Waals surface area contributed by atoms with Gasteiger partial charge in [-0.1, -0.05) is 36.9 Å². The number of hydrogen-bond donors (Lipinski definition) is 1. The Labute approximate surface area is 193 Å². The number of aliphatic hydroxyl groups excluding tert-OH is 1. The van der Waals surface area contributed by atoms with Gasteiger partial charge in [0, 0.05) is 19.4 Å². The Morgan fingerprint density at radius 3 is 2.64 bits per heavy atom. The number of carbonyl (C=O) groups is 2. The van der Waals surface area contributed by atoms with E-state index < -0.39 is 24.2 Å². The number of amides is 1. The SMILES string of the molecule is C=CCOC(=O)N1c2ccc(OCCCO)cc2C[C@H]1[C@@H](CC=C)OC(=O)c1ccccc1. The molecule has 2 aromatic rings. The summed E-state index contributed by atoms with van der Waals surface area (Å²) < 4.78 is 16.9. The minimum absolute atomic E-state index is 0.0476. The molecule has 174 valence electrons. The maximum absolute atomic E-state index is 13.0. The Bertz CT molecular complexity index is 974. The van der Waals surface area contributed by atoms with Gasteiger partial charge in [0.25, 0.3) is 0 Å². The zero-order valence-corrected chi connectivity index (χ0v) is 18.5. The number of esters is 1. The van der Waals surface area contributed by atoms with Crippen LogP contribution in [0.2, 0.25) is 0 Å². The van der Waals surface area contributed by atoms with Gasteiger partial charge in [-0.05, 0) is 42.3 Å². The lowest BCUT2D eigenvalue weighted by Crippen LogP contribution is -2.47. The van der Waals surface area contributed by atoms with Crippen molar-refractivity contribution in [1.29, 1.82) is 0 Å². The molecule has 0 aromatic heterocycles. The Kier molecular flexibility index (Phi) is 8.66. The Morgan fingerprint density at radius 1 is 1.15 bits per heavy atom. The van der Waals surface area contributed by atoms with E-state index in [0.29, 0.717) is 42.9 Å². The van der Waals surface area contributed by atoms with Crippen LogP contribution in [0.5, 0.6) is 5.75 Å². The van der Waals surface area contributed by atoms with Crippen LogP contribution in [-0.2, 0) is 15.9 Å². The lowest BCUT2D eigenvalue weighted by Gasteiger charge is -2.30. The minimum atomic E-state index is -0.627. The molecule has 0 saturated heterocycles. The molecular weight excluding hydrogens is 422 g/mol. The first kappa shape index (κ1) is 24.1. The number of rotatable bonds is 11. The quantitative estimate of drug-likeness (QED) is 0.311. The third-order valence-corrected chi connectivity index (χ3v) is 5.26. The van der Waals surface area contributed by atoms with E-state index in [1.54, 1.807) is 42.5 Å². The molecule has 1 amide bonds. The van der Waals surface area contributed by atoms with Crippen LogP contribution in [0.3, 0.4) is 0 Å². The highest BCUT2D eigenvalue weighted by Gasteiger charge is 2.41. The molecule has 0 radical (unpaired) electrons. The molecule has 1 aliphatic heterocycles. The van der Waals surface area contributed by atoms with Gasteiger partial charge in [-0.15, -0.1) is 6.58 Å². The molecule has 3 rings (SSSR count). The zero-order valence-electron chi connectivity index (χ0n) is 18.5. The highest BCUT2D eigenvalue weighted by Crippen LogP contribution is 2.38. The van der Waals surface area contributed by atoms with Crippen LogP contribution in [0.1, 0.15) is 28.8 Å². The van der Waals surface area contributed by atoms with E-state index in [1.165, 1.54) is 11.0 Å². The minimum Gasteiger partial charge on any atom is -0.493 e. The van der Waals surface area contributed by atoms with Gasteiger partial charge in [0.05, 0.1) is 23.9 Å². The Morgan fingerprint density at radius 2 is 1.94 bits per heavy atom. The molecule has 2 atom stereocenters. The number of nitrogens with zero attached hydrogens (tertiary/aromatic N) is 1. The third-order valence-electron chi connectivity index (χ3n) is 5.26. The summed E-state index contributed by atoms with van der Waals surface area (Å²) in [4.78, 5) is 27.3. The number of aliphatic hydroxyl groups is 1. The fraction of sp³-hybridized carbons (Fsp3) is 0.308. The summed E-state index contributed by atoms with van der Waals surface area (Å²) in [7, 11) is 0. The van der Waals surface area contributed by atoms with E-state index >= 15 is 0 Å². The van der Waals surface area contributed by atoms with Gasteiger partial charge in [0.15, 0.2) is 0 Å². The molecule has 0 unspecified atom stereocenters. The summed E-state index contributed by atoms with van der Waals surface area (Å²) in [5.41, 5.74) is 1.98.